The van der Waals surface area contributed by atoms with Gasteiger partial charge in [-0.05, 0) is 55.0 Å². The molecule has 0 radical (unpaired) electrons. The number of carbonyl (C=O) groups is 1. The Labute approximate surface area is 161 Å². The summed E-state index contributed by atoms with van der Waals surface area (Å²) >= 11 is 0. The van der Waals surface area contributed by atoms with Gasteiger partial charge in [-0.15, -0.1) is 0 Å². The minimum absolute atomic E-state index is 0.0224. The van der Waals surface area contributed by atoms with E-state index < -0.39 is 11.7 Å². The highest BCUT2D eigenvalue weighted by molar-refractivity contribution is 6.06. The molecule has 2 heterocycles. The first-order chi connectivity index (χ1) is 13.6. The number of nitrogens with zero attached hydrogens (tertiary/aromatic N) is 2. The zero-order valence-electron chi connectivity index (χ0n) is 15.4. The van der Waals surface area contributed by atoms with E-state index >= 15 is 0 Å². The van der Waals surface area contributed by atoms with Crippen molar-refractivity contribution in [1.29, 1.82) is 0 Å². The van der Waals surface area contributed by atoms with Gasteiger partial charge in [-0.2, -0.15) is 0 Å². The zero-order chi connectivity index (χ0) is 19.7. The maximum absolute atomic E-state index is 14.1. The summed E-state index contributed by atoms with van der Waals surface area (Å²) < 4.78 is 21.1. The predicted octanol–water partition coefficient (Wildman–Crippen LogP) is 4.71. The van der Waals surface area contributed by atoms with Gasteiger partial charge in [-0.1, -0.05) is 18.2 Å². The lowest BCUT2D eigenvalue weighted by Gasteiger charge is -2.09. The highest BCUT2D eigenvalue weighted by Crippen LogP contribution is 2.31. The molecule has 0 unspecified atom stereocenters. The van der Waals surface area contributed by atoms with E-state index in [1.165, 1.54) is 12.1 Å². The SMILES string of the molecule is COc1ccc(-c2nc3ccc(C)cn3c2NC(=O)c2ccccc2F)cc1. The van der Waals surface area contributed by atoms with Gasteiger partial charge in [0.25, 0.3) is 5.91 Å². The molecule has 140 valence electrons. The van der Waals surface area contributed by atoms with Gasteiger partial charge in [0.1, 0.15) is 28.7 Å². The molecule has 0 saturated heterocycles. The third-order valence-electron chi connectivity index (χ3n) is 4.48. The van der Waals surface area contributed by atoms with Gasteiger partial charge in [0, 0.05) is 11.8 Å². The van der Waals surface area contributed by atoms with Crippen LogP contribution in [-0.2, 0) is 0 Å². The maximum Gasteiger partial charge on any atom is 0.259 e. The standard InChI is InChI=1S/C22H18FN3O2/c1-14-7-12-19-24-20(15-8-10-16(28-2)11-9-15)21(26(19)13-14)25-22(27)17-5-3-4-6-18(17)23/h3-13H,1-2H3,(H,25,27). The largest absolute Gasteiger partial charge is 0.497 e. The second kappa shape index (κ2) is 7.15. The van der Waals surface area contributed by atoms with Crippen LogP contribution >= 0.6 is 0 Å². The first kappa shape index (κ1) is 17.7. The number of ether oxygens (including phenoxy) is 1. The van der Waals surface area contributed by atoms with E-state index in [1.54, 1.807) is 23.6 Å². The van der Waals surface area contributed by atoms with Crippen LogP contribution in [0.2, 0.25) is 0 Å². The fourth-order valence-corrected chi connectivity index (χ4v) is 3.04. The Bertz CT molecular complexity index is 1170. The number of benzene rings is 2. The number of hydrogen-bond acceptors (Lipinski definition) is 3. The molecule has 4 aromatic rings. The van der Waals surface area contributed by atoms with Gasteiger partial charge < -0.3 is 10.1 Å². The van der Waals surface area contributed by atoms with Crippen LogP contribution in [0.25, 0.3) is 16.9 Å². The molecule has 0 atom stereocenters. The number of aryl methyl sites for hydroxylation is 1. The molecule has 0 bridgehead atoms. The van der Waals surface area contributed by atoms with Crippen LogP contribution in [0, 0.1) is 12.7 Å². The van der Waals surface area contributed by atoms with Gasteiger partial charge in [-0.25, -0.2) is 9.37 Å². The van der Waals surface area contributed by atoms with Gasteiger partial charge in [-0.3, -0.25) is 9.20 Å². The number of nitrogens with one attached hydrogen (secondary N) is 1. The summed E-state index contributed by atoms with van der Waals surface area (Å²) in [5.41, 5.74) is 3.07. The molecule has 0 aliphatic rings. The smallest absolute Gasteiger partial charge is 0.259 e. The summed E-state index contributed by atoms with van der Waals surface area (Å²) in [6.07, 6.45) is 1.88. The number of rotatable bonds is 4. The average Bonchev–Trinajstić information content (AvgIpc) is 3.06. The number of carbonyl (C=O) groups excluding carboxylic acids is 1. The maximum atomic E-state index is 14.1. The van der Waals surface area contributed by atoms with Crippen molar-refractivity contribution < 1.29 is 13.9 Å². The van der Waals surface area contributed by atoms with Crippen molar-refractivity contribution in [3.05, 3.63) is 83.8 Å². The van der Waals surface area contributed by atoms with Gasteiger partial charge >= 0.3 is 0 Å². The van der Waals surface area contributed by atoms with Gasteiger partial charge in [0.05, 0.1) is 12.7 Å². The molecule has 1 amide bonds. The van der Waals surface area contributed by atoms with E-state index in [2.05, 4.69) is 10.3 Å². The second-order valence-corrected chi connectivity index (χ2v) is 6.41. The van der Waals surface area contributed by atoms with Crippen molar-refractivity contribution in [3.63, 3.8) is 0 Å². The van der Waals surface area contributed by atoms with E-state index in [-0.39, 0.29) is 5.56 Å². The van der Waals surface area contributed by atoms with Crippen molar-refractivity contribution in [2.24, 2.45) is 0 Å². The zero-order valence-corrected chi connectivity index (χ0v) is 15.4. The summed E-state index contributed by atoms with van der Waals surface area (Å²) in [7, 11) is 1.60. The number of amides is 1. The molecule has 0 aliphatic carbocycles. The van der Waals surface area contributed by atoms with E-state index in [0.29, 0.717) is 17.2 Å². The van der Waals surface area contributed by atoms with Gasteiger partial charge in [0.2, 0.25) is 0 Å². The summed E-state index contributed by atoms with van der Waals surface area (Å²) in [5, 5.41) is 2.84. The van der Waals surface area contributed by atoms with Crippen molar-refractivity contribution in [2.45, 2.75) is 6.92 Å². The number of aromatic nitrogens is 2. The number of imidazole rings is 1. The molecule has 6 heteroatoms. The predicted molar refractivity (Wildman–Crippen MR) is 106 cm³/mol. The Morgan fingerprint density at radius 3 is 2.54 bits per heavy atom. The van der Waals surface area contributed by atoms with Crippen molar-refractivity contribution in [1.82, 2.24) is 9.38 Å². The first-order valence-electron chi connectivity index (χ1n) is 8.76. The topological polar surface area (TPSA) is 55.6 Å². The lowest BCUT2D eigenvalue weighted by atomic mass is 10.1. The quantitative estimate of drug-likeness (QED) is 0.562. The van der Waals surface area contributed by atoms with E-state index in [9.17, 15) is 9.18 Å². The Morgan fingerprint density at radius 2 is 1.82 bits per heavy atom. The van der Waals surface area contributed by atoms with E-state index in [1.807, 2.05) is 49.5 Å². The summed E-state index contributed by atoms with van der Waals surface area (Å²) in [6.45, 7) is 1.95. The molecule has 5 nitrogen and oxygen atoms in total. The number of methoxy groups -OCH3 is 1. The van der Waals surface area contributed by atoms with Crippen LogP contribution in [0.1, 0.15) is 15.9 Å². The molecule has 0 fully saturated rings. The summed E-state index contributed by atoms with van der Waals surface area (Å²) in [4.78, 5) is 17.4. The lowest BCUT2D eigenvalue weighted by Crippen LogP contribution is -2.15. The highest BCUT2D eigenvalue weighted by atomic mass is 19.1. The molecule has 0 saturated carbocycles. The Morgan fingerprint density at radius 1 is 1.07 bits per heavy atom. The number of fused-ring (bicyclic) bond motifs is 1. The Hall–Kier alpha value is -3.67. The van der Waals surface area contributed by atoms with Crippen LogP contribution in [0.3, 0.4) is 0 Å². The van der Waals surface area contributed by atoms with E-state index in [0.717, 1.165) is 16.9 Å². The van der Waals surface area contributed by atoms with Gasteiger partial charge in [0.15, 0.2) is 0 Å². The molecule has 4 rings (SSSR count). The van der Waals surface area contributed by atoms with Crippen LogP contribution in [-0.4, -0.2) is 22.4 Å². The van der Waals surface area contributed by atoms with E-state index in [4.69, 9.17) is 4.74 Å². The first-order valence-corrected chi connectivity index (χ1v) is 8.76. The van der Waals surface area contributed by atoms with Crippen LogP contribution in [0.4, 0.5) is 10.2 Å². The molecule has 0 aliphatic heterocycles. The number of pyridine rings is 1. The average molecular weight is 375 g/mol. The second-order valence-electron chi connectivity index (χ2n) is 6.41. The molecule has 2 aromatic heterocycles. The summed E-state index contributed by atoms with van der Waals surface area (Å²) in [6, 6.07) is 17.1. The normalized spacial score (nSPS) is 10.8. The molecule has 1 N–H and O–H groups in total. The molecule has 2 aromatic carbocycles. The number of hydrogen-bond donors (Lipinski definition) is 1. The monoisotopic (exact) mass is 375 g/mol. The minimum Gasteiger partial charge on any atom is -0.497 e. The molecular formula is C22H18FN3O2. The third kappa shape index (κ3) is 3.20. The number of anilines is 1. The molecule has 28 heavy (non-hydrogen) atoms. The highest BCUT2D eigenvalue weighted by Gasteiger charge is 2.19. The summed E-state index contributed by atoms with van der Waals surface area (Å²) in [5.74, 6) is 0.101. The fourth-order valence-electron chi connectivity index (χ4n) is 3.04. The van der Waals surface area contributed by atoms with Crippen LogP contribution in [0.5, 0.6) is 5.75 Å². The van der Waals surface area contributed by atoms with Crippen molar-refractivity contribution in [2.75, 3.05) is 12.4 Å². The van der Waals surface area contributed by atoms with Crippen LogP contribution in [0.15, 0.2) is 66.9 Å². The fraction of sp³-hybridized carbons (Fsp3) is 0.0909. The minimum atomic E-state index is -0.573. The number of halogens is 1. The molecule has 0 spiro atoms. The lowest BCUT2D eigenvalue weighted by molar-refractivity contribution is 0.102. The third-order valence-corrected chi connectivity index (χ3v) is 4.48. The van der Waals surface area contributed by atoms with Crippen molar-refractivity contribution in [3.8, 4) is 17.0 Å². The van der Waals surface area contributed by atoms with Crippen molar-refractivity contribution >= 4 is 17.4 Å². The Kier molecular flexibility index (Phi) is 4.53. The van der Waals surface area contributed by atoms with Crippen LogP contribution < -0.4 is 10.1 Å². The Balaban J connectivity index is 1.83. The molecular weight excluding hydrogens is 357 g/mol.